The van der Waals surface area contributed by atoms with Gasteiger partial charge in [-0.05, 0) is 38.0 Å². The van der Waals surface area contributed by atoms with E-state index in [2.05, 4.69) is 15.3 Å². The van der Waals surface area contributed by atoms with Crippen molar-refractivity contribution in [2.24, 2.45) is 0 Å². The molecule has 0 aliphatic carbocycles. The second kappa shape index (κ2) is 8.54. The van der Waals surface area contributed by atoms with Gasteiger partial charge in [-0.3, -0.25) is 4.79 Å². The number of nitrogens with two attached hydrogens (primary N) is 1. The first-order valence-corrected chi connectivity index (χ1v) is 8.54. The van der Waals surface area contributed by atoms with Crippen molar-refractivity contribution in [1.29, 1.82) is 0 Å². The number of aryl methyl sites for hydroxylation is 1. The number of rotatable bonds is 7. The zero-order valence-electron chi connectivity index (χ0n) is 14.1. The van der Waals surface area contributed by atoms with Crippen LogP contribution in [-0.4, -0.2) is 34.8 Å². The highest BCUT2D eigenvalue weighted by Crippen LogP contribution is 2.20. The van der Waals surface area contributed by atoms with Crippen molar-refractivity contribution < 1.29 is 9.53 Å². The topological polar surface area (TPSA) is 90.1 Å². The number of carbonyl (C=O) groups is 1. The molecule has 1 heterocycles. The van der Waals surface area contributed by atoms with Crippen molar-refractivity contribution in [3.8, 4) is 5.75 Å². The van der Waals surface area contributed by atoms with Gasteiger partial charge in [-0.15, -0.1) is 0 Å². The molecule has 0 saturated heterocycles. The molecular formula is C17H22N4O2S. The molecule has 0 saturated carbocycles. The Labute approximate surface area is 146 Å². The highest BCUT2D eigenvalue weighted by atomic mass is 32.2. The molecule has 0 radical (unpaired) electrons. The molecule has 1 amide bonds. The summed E-state index contributed by atoms with van der Waals surface area (Å²) in [6.07, 6.45) is 0.765. The molecular weight excluding hydrogens is 324 g/mol. The van der Waals surface area contributed by atoms with Crippen LogP contribution in [0.15, 0.2) is 35.5 Å². The third-order valence-electron chi connectivity index (χ3n) is 3.38. The van der Waals surface area contributed by atoms with Crippen LogP contribution in [0.4, 0.5) is 5.82 Å². The van der Waals surface area contributed by atoms with Crippen molar-refractivity contribution >= 4 is 23.5 Å². The molecule has 6 nitrogen and oxygen atoms in total. The van der Waals surface area contributed by atoms with Gasteiger partial charge in [0.25, 0.3) is 0 Å². The molecule has 128 valence electrons. The molecule has 0 spiro atoms. The lowest BCUT2D eigenvalue weighted by Gasteiger charge is -2.11. The molecule has 2 rings (SSSR count). The average Bonchev–Trinajstić information content (AvgIpc) is 2.54. The first-order valence-electron chi connectivity index (χ1n) is 7.66. The summed E-state index contributed by atoms with van der Waals surface area (Å²) < 4.78 is 5.12. The molecule has 1 atom stereocenters. The minimum absolute atomic E-state index is 0.0443. The number of hydrogen-bond acceptors (Lipinski definition) is 6. The minimum Gasteiger partial charge on any atom is -0.497 e. The average molecular weight is 346 g/mol. The molecule has 7 heteroatoms. The highest BCUT2D eigenvalue weighted by Gasteiger charge is 2.16. The molecule has 2 aromatic rings. The first-order chi connectivity index (χ1) is 11.5. The third-order valence-corrected chi connectivity index (χ3v) is 4.34. The quantitative estimate of drug-likeness (QED) is 0.590. The lowest BCUT2D eigenvalue weighted by Crippen LogP contribution is -2.32. The smallest absolute Gasteiger partial charge is 0.233 e. The summed E-state index contributed by atoms with van der Waals surface area (Å²) in [5.41, 5.74) is 7.64. The number of methoxy groups -OCH3 is 1. The monoisotopic (exact) mass is 346 g/mol. The molecule has 0 aliphatic heterocycles. The van der Waals surface area contributed by atoms with Gasteiger partial charge >= 0.3 is 0 Å². The fraction of sp³-hybridized carbons (Fsp3) is 0.353. The van der Waals surface area contributed by atoms with Gasteiger partial charge in [-0.25, -0.2) is 9.97 Å². The molecule has 0 unspecified atom stereocenters. The van der Waals surface area contributed by atoms with Crippen LogP contribution in [0.2, 0.25) is 0 Å². The zero-order valence-corrected chi connectivity index (χ0v) is 14.9. The van der Waals surface area contributed by atoms with Gasteiger partial charge in [-0.1, -0.05) is 23.9 Å². The van der Waals surface area contributed by atoms with Crippen LogP contribution in [0.25, 0.3) is 0 Å². The first kappa shape index (κ1) is 18.1. The van der Waals surface area contributed by atoms with E-state index in [-0.39, 0.29) is 11.2 Å². The number of nitrogens with one attached hydrogen (secondary N) is 1. The normalized spacial score (nSPS) is 11.8. The number of thioether (sulfide) groups is 1. The van der Waals surface area contributed by atoms with Crippen molar-refractivity contribution in [2.75, 3.05) is 19.4 Å². The second-order valence-electron chi connectivity index (χ2n) is 5.37. The van der Waals surface area contributed by atoms with Crippen molar-refractivity contribution in [2.45, 2.75) is 30.7 Å². The number of hydrogen-bond donors (Lipinski definition) is 2. The van der Waals surface area contributed by atoms with Crippen LogP contribution in [0, 0.1) is 6.92 Å². The van der Waals surface area contributed by atoms with E-state index in [1.54, 1.807) is 13.2 Å². The van der Waals surface area contributed by atoms with Crippen molar-refractivity contribution in [3.05, 3.63) is 41.6 Å². The molecule has 24 heavy (non-hydrogen) atoms. The van der Waals surface area contributed by atoms with E-state index in [0.717, 1.165) is 23.4 Å². The number of benzene rings is 1. The van der Waals surface area contributed by atoms with Crippen LogP contribution in [0.5, 0.6) is 5.75 Å². The van der Waals surface area contributed by atoms with Crippen LogP contribution >= 0.6 is 11.8 Å². The Morgan fingerprint density at radius 1 is 1.33 bits per heavy atom. The van der Waals surface area contributed by atoms with Gasteiger partial charge in [0, 0.05) is 18.3 Å². The Kier molecular flexibility index (Phi) is 6.43. The van der Waals surface area contributed by atoms with Gasteiger partial charge < -0.3 is 15.8 Å². The summed E-state index contributed by atoms with van der Waals surface area (Å²) in [5.74, 6) is 1.19. The van der Waals surface area contributed by atoms with E-state index in [4.69, 9.17) is 10.5 Å². The number of anilines is 1. The Bertz CT molecular complexity index is 671. The van der Waals surface area contributed by atoms with E-state index in [0.29, 0.717) is 17.5 Å². The molecule has 0 fully saturated rings. The van der Waals surface area contributed by atoms with Gasteiger partial charge in [0.2, 0.25) is 5.91 Å². The minimum atomic E-state index is -0.290. The summed E-state index contributed by atoms with van der Waals surface area (Å²) in [6, 6.07) is 9.51. The van der Waals surface area contributed by atoms with Crippen LogP contribution in [0.1, 0.15) is 18.2 Å². The van der Waals surface area contributed by atoms with Gasteiger partial charge in [0.05, 0.1) is 12.4 Å². The van der Waals surface area contributed by atoms with E-state index in [9.17, 15) is 4.79 Å². The zero-order chi connectivity index (χ0) is 17.5. The van der Waals surface area contributed by atoms with Gasteiger partial charge in [-0.2, -0.15) is 0 Å². The fourth-order valence-corrected chi connectivity index (χ4v) is 2.96. The summed E-state index contributed by atoms with van der Waals surface area (Å²) in [6.45, 7) is 4.25. The second-order valence-corrected chi connectivity index (χ2v) is 6.67. The third kappa shape index (κ3) is 5.42. The molecule has 1 aromatic heterocycles. The Hall–Kier alpha value is -2.28. The number of aromatic nitrogens is 2. The maximum atomic E-state index is 12.2. The number of ether oxygens (including phenoxy) is 1. The highest BCUT2D eigenvalue weighted by molar-refractivity contribution is 8.00. The lowest BCUT2D eigenvalue weighted by molar-refractivity contribution is -0.120. The number of carbonyl (C=O) groups excluding carboxylic acids is 1. The van der Waals surface area contributed by atoms with Gasteiger partial charge in [0.15, 0.2) is 5.16 Å². The maximum absolute atomic E-state index is 12.2. The molecule has 3 N–H and O–H groups in total. The molecule has 1 aromatic carbocycles. The largest absolute Gasteiger partial charge is 0.497 e. The molecule has 0 aliphatic rings. The number of nitrogen functional groups attached to an aromatic ring is 1. The van der Waals surface area contributed by atoms with E-state index in [1.807, 2.05) is 38.1 Å². The standard InChI is InChI=1S/C17H22N4O2S/c1-11-10-15(18)21-17(20-11)24-12(2)16(22)19-9-8-13-4-6-14(23-3)7-5-13/h4-7,10,12H,8-9H2,1-3H3,(H,19,22)(H2,18,20,21)/t12-/m1/s1. The number of nitrogens with zero attached hydrogens (tertiary/aromatic N) is 2. The van der Waals surface area contributed by atoms with Gasteiger partial charge in [0.1, 0.15) is 11.6 Å². The number of amides is 1. The predicted molar refractivity (Wildman–Crippen MR) is 96.2 cm³/mol. The van der Waals surface area contributed by atoms with Crippen molar-refractivity contribution in [3.63, 3.8) is 0 Å². The van der Waals surface area contributed by atoms with E-state index in [1.165, 1.54) is 11.8 Å². The van der Waals surface area contributed by atoms with E-state index >= 15 is 0 Å². The summed E-state index contributed by atoms with van der Waals surface area (Å²) in [7, 11) is 1.64. The Morgan fingerprint density at radius 3 is 2.67 bits per heavy atom. The van der Waals surface area contributed by atoms with Crippen LogP contribution in [-0.2, 0) is 11.2 Å². The van der Waals surface area contributed by atoms with Crippen molar-refractivity contribution in [1.82, 2.24) is 15.3 Å². The van der Waals surface area contributed by atoms with E-state index < -0.39 is 0 Å². The Morgan fingerprint density at radius 2 is 2.04 bits per heavy atom. The fourth-order valence-electron chi connectivity index (χ4n) is 2.10. The lowest BCUT2D eigenvalue weighted by atomic mass is 10.1. The summed E-state index contributed by atoms with van der Waals surface area (Å²) in [4.78, 5) is 20.6. The predicted octanol–water partition coefficient (Wildman–Crippen LogP) is 2.22. The van der Waals surface area contributed by atoms with Crippen LogP contribution < -0.4 is 15.8 Å². The maximum Gasteiger partial charge on any atom is 0.233 e. The van der Waals surface area contributed by atoms with Crippen LogP contribution in [0.3, 0.4) is 0 Å². The summed E-state index contributed by atoms with van der Waals surface area (Å²) >= 11 is 1.30. The Balaban J connectivity index is 1.80. The summed E-state index contributed by atoms with van der Waals surface area (Å²) in [5, 5.41) is 3.16. The SMILES string of the molecule is COc1ccc(CCNC(=O)[C@@H](C)Sc2nc(C)cc(N)n2)cc1. The molecule has 0 bridgehead atoms.